The highest BCUT2D eigenvalue weighted by Gasteiger charge is 2.10. The van der Waals surface area contributed by atoms with Crippen molar-refractivity contribution in [3.63, 3.8) is 0 Å². The van der Waals surface area contributed by atoms with Crippen molar-refractivity contribution >= 4 is 0 Å². The van der Waals surface area contributed by atoms with Crippen LogP contribution in [0.2, 0.25) is 0 Å². The van der Waals surface area contributed by atoms with E-state index in [1.807, 2.05) is 27.7 Å². The molecule has 1 heterocycles. The first-order valence-electron chi connectivity index (χ1n) is 4.71. The van der Waals surface area contributed by atoms with Gasteiger partial charge in [-0.05, 0) is 32.8 Å². The summed E-state index contributed by atoms with van der Waals surface area (Å²) in [6.07, 6.45) is -0.227. The minimum atomic E-state index is -0.780. The summed E-state index contributed by atoms with van der Waals surface area (Å²) in [4.78, 5) is 0. The van der Waals surface area contributed by atoms with Crippen LogP contribution in [0, 0.1) is 20.8 Å². The topological polar surface area (TPSA) is 17.8 Å². The molecule has 0 amide bonds. The second-order valence-corrected chi connectivity index (χ2v) is 3.48. The van der Waals surface area contributed by atoms with Crippen molar-refractivity contribution in [3.05, 3.63) is 17.0 Å². The normalized spacial score (nSPS) is 13.3. The number of nitrogens with zero attached hydrogens (tertiary/aromatic N) is 2. The first-order chi connectivity index (χ1) is 6.06. The van der Waals surface area contributed by atoms with E-state index in [1.165, 1.54) is 5.56 Å². The number of rotatable bonds is 3. The summed E-state index contributed by atoms with van der Waals surface area (Å²) in [5, 5.41) is 4.27. The van der Waals surface area contributed by atoms with E-state index >= 15 is 0 Å². The molecular weight excluding hydrogens is 167 g/mol. The molecule has 0 aliphatic carbocycles. The molecule has 0 saturated heterocycles. The summed E-state index contributed by atoms with van der Waals surface area (Å²) in [5.41, 5.74) is 3.25. The van der Waals surface area contributed by atoms with Gasteiger partial charge < -0.3 is 0 Å². The van der Waals surface area contributed by atoms with Crippen molar-refractivity contribution in [3.8, 4) is 0 Å². The van der Waals surface area contributed by atoms with Gasteiger partial charge in [0, 0.05) is 5.69 Å². The highest BCUT2D eigenvalue weighted by Crippen LogP contribution is 2.12. The number of aromatic nitrogens is 2. The third kappa shape index (κ3) is 2.08. The monoisotopic (exact) mass is 184 g/mol. The molecule has 1 unspecified atom stereocenters. The Morgan fingerprint density at radius 1 is 1.38 bits per heavy atom. The van der Waals surface area contributed by atoms with E-state index < -0.39 is 6.17 Å². The largest absolute Gasteiger partial charge is 0.266 e. The molecule has 3 heteroatoms. The van der Waals surface area contributed by atoms with Gasteiger partial charge >= 0.3 is 0 Å². The van der Waals surface area contributed by atoms with E-state index in [1.54, 1.807) is 4.68 Å². The van der Waals surface area contributed by atoms with Crippen LogP contribution < -0.4 is 0 Å². The van der Waals surface area contributed by atoms with Crippen LogP contribution in [0.5, 0.6) is 0 Å². The number of alkyl halides is 1. The highest BCUT2D eigenvalue weighted by molar-refractivity contribution is 5.22. The number of hydrogen-bond acceptors (Lipinski definition) is 1. The molecule has 0 radical (unpaired) electrons. The fraction of sp³-hybridized carbons (Fsp3) is 0.700. The Bertz CT molecular complexity index is 291. The second kappa shape index (κ2) is 3.90. The van der Waals surface area contributed by atoms with Gasteiger partial charge in [-0.3, -0.25) is 4.68 Å². The summed E-state index contributed by atoms with van der Waals surface area (Å²) < 4.78 is 14.8. The molecule has 2 nitrogen and oxygen atoms in total. The lowest BCUT2D eigenvalue weighted by Crippen LogP contribution is -2.13. The van der Waals surface area contributed by atoms with Crippen LogP contribution in [0.4, 0.5) is 4.39 Å². The third-order valence-electron chi connectivity index (χ3n) is 2.56. The van der Waals surface area contributed by atoms with Crippen LogP contribution in [0.3, 0.4) is 0 Å². The van der Waals surface area contributed by atoms with Gasteiger partial charge in [-0.25, -0.2) is 4.39 Å². The Morgan fingerprint density at radius 2 is 2.00 bits per heavy atom. The summed E-state index contributed by atoms with van der Waals surface area (Å²) in [5.74, 6) is 0. The zero-order chi connectivity index (χ0) is 10.0. The van der Waals surface area contributed by atoms with Crippen molar-refractivity contribution in [1.29, 1.82) is 0 Å². The maximum Gasteiger partial charge on any atom is 0.119 e. The molecule has 13 heavy (non-hydrogen) atoms. The minimum absolute atomic E-state index is 0.386. The molecule has 0 aliphatic rings. The fourth-order valence-electron chi connectivity index (χ4n) is 1.28. The predicted octanol–water partition coefficient (Wildman–Crippen LogP) is 2.56. The standard InChI is InChI=1S/C10H17FN2/c1-5-10(11)6-13-9(4)7(2)8(3)12-13/h10H,5-6H2,1-4H3. The third-order valence-corrected chi connectivity index (χ3v) is 2.56. The Hall–Kier alpha value is -0.860. The van der Waals surface area contributed by atoms with Gasteiger partial charge in [-0.2, -0.15) is 5.10 Å². The number of aryl methyl sites for hydroxylation is 1. The van der Waals surface area contributed by atoms with Crippen LogP contribution in [0.1, 0.15) is 30.3 Å². The second-order valence-electron chi connectivity index (χ2n) is 3.48. The molecule has 0 saturated carbocycles. The molecule has 0 bridgehead atoms. The SMILES string of the molecule is CCC(F)Cn1nc(C)c(C)c1C. The van der Waals surface area contributed by atoms with Gasteiger partial charge in [0.25, 0.3) is 0 Å². The van der Waals surface area contributed by atoms with Crippen LogP contribution in [-0.4, -0.2) is 16.0 Å². The number of halogens is 1. The molecule has 1 rings (SSSR count). The van der Waals surface area contributed by atoms with Crippen LogP contribution in [-0.2, 0) is 6.54 Å². The van der Waals surface area contributed by atoms with E-state index in [9.17, 15) is 4.39 Å². The first kappa shape index (κ1) is 10.2. The zero-order valence-corrected chi connectivity index (χ0v) is 8.76. The lowest BCUT2D eigenvalue weighted by molar-refractivity contribution is 0.275. The molecule has 0 spiro atoms. The number of hydrogen-bond donors (Lipinski definition) is 0. The zero-order valence-electron chi connectivity index (χ0n) is 8.76. The van der Waals surface area contributed by atoms with Gasteiger partial charge in [0.2, 0.25) is 0 Å². The molecule has 0 aromatic carbocycles. The smallest absolute Gasteiger partial charge is 0.119 e. The average Bonchev–Trinajstić information content (AvgIpc) is 2.34. The van der Waals surface area contributed by atoms with Crippen molar-refractivity contribution in [2.45, 2.75) is 46.8 Å². The molecule has 0 N–H and O–H groups in total. The van der Waals surface area contributed by atoms with Crippen LogP contribution in [0.15, 0.2) is 0 Å². The molecule has 1 atom stereocenters. The van der Waals surface area contributed by atoms with Crippen molar-refractivity contribution < 1.29 is 4.39 Å². The molecular formula is C10H17FN2. The first-order valence-corrected chi connectivity index (χ1v) is 4.71. The van der Waals surface area contributed by atoms with Crippen molar-refractivity contribution in [2.24, 2.45) is 0 Å². The summed E-state index contributed by atoms with van der Waals surface area (Å²) in [6.45, 7) is 8.20. The quantitative estimate of drug-likeness (QED) is 0.706. The lowest BCUT2D eigenvalue weighted by Gasteiger charge is -2.07. The van der Waals surface area contributed by atoms with E-state index in [-0.39, 0.29) is 0 Å². The van der Waals surface area contributed by atoms with Crippen LogP contribution >= 0.6 is 0 Å². The summed E-state index contributed by atoms with van der Waals surface area (Å²) >= 11 is 0. The molecule has 74 valence electrons. The van der Waals surface area contributed by atoms with Crippen molar-refractivity contribution in [2.75, 3.05) is 0 Å². The van der Waals surface area contributed by atoms with Gasteiger partial charge in [0.05, 0.1) is 12.2 Å². The van der Waals surface area contributed by atoms with E-state index in [4.69, 9.17) is 0 Å². The highest BCUT2D eigenvalue weighted by atomic mass is 19.1. The Balaban J connectivity index is 2.83. The van der Waals surface area contributed by atoms with E-state index in [2.05, 4.69) is 5.10 Å². The van der Waals surface area contributed by atoms with Crippen LogP contribution in [0.25, 0.3) is 0 Å². The minimum Gasteiger partial charge on any atom is -0.266 e. The van der Waals surface area contributed by atoms with Gasteiger partial charge in [-0.1, -0.05) is 6.92 Å². The maximum absolute atomic E-state index is 13.1. The maximum atomic E-state index is 13.1. The van der Waals surface area contributed by atoms with Crippen molar-refractivity contribution in [1.82, 2.24) is 9.78 Å². The fourth-order valence-corrected chi connectivity index (χ4v) is 1.28. The summed E-state index contributed by atoms with van der Waals surface area (Å²) in [7, 11) is 0. The Labute approximate surface area is 78.8 Å². The summed E-state index contributed by atoms with van der Waals surface area (Å²) in [6, 6.07) is 0. The molecule has 1 aromatic heterocycles. The Morgan fingerprint density at radius 3 is 2.38 bits per heavy atom. The van der Waals surface area contributed by atoms with Gasteiger partial charge in [0.1, 0.15) is 6.17 Å². The van der Waals surface area contributed by atoms with Gasteiger partial charge in [-0.15, -0.1) is 0 Å². The lowest BCUT2D eigenvalue weighted by atomic mass is 10.2. The van der Waals surface area contributed by atoms with E-state index in [0.717, 1.165) is 11.4 Å². The predicted molar refractivity (Wildman–Crippen MR) is 51.6 cm³/mol. The average molecular weight is 184 g/mol. The molecule has 1 aromatic rings. The van der Waals surface area contributed by atoms with E-state index in [0.29, 0.717) is 13.0 Å². The Kier molecular flexibility index (Phi) is 3.07. The molecule has 0 fully saturated rings. The molecule has 0 aliphatic heterocycles. The van der Waals surface area contributed by atoms with Gasteiger partial charge in [0.15, 0.2) is 0 Å².